The summed E-state index contributed by atoms with van der Waals surface area (Å²) in [6, 6.07) is 18.9. The number of hydrogen-bond acceptors (Lipinski definition) is 6. The number of para-hydroxylation sites is 1. The van der Waals surface area contributed by atoms with Crippen molar-refractivity contribution < 1.29 is 18.7 Å². The van der Waals surface area contributed by atoms with E-state index in [1.165, 1.54) is 27.3 Å². The zero-order chi connectivity index (χ0) is 26.9. The van der Waals surface area contributed by atoms with Gasteiger partial charge in [-0.3, -0.25) is 19.0 Å². The lowest BCUT2D eigenvalue weighted by atomic mass is 10.2. The van der Waals surface area contributed by atoms with Crippen molar-refractivity contribution in [2.45, 2.75) is 12.8 Å². The van der Waals surface area contributed by atoms with Gasteiger partial charge in [-0.25, -0.2) is 13.9 Å². The minimum atomic E-state index is -0.756. The molecule has 11 heteroatoms. The molecule has 2 amide bonds. The minimum absolute atomic E-state index is 0.0463. The van der Waals surface area contributed by atoms with Crippen LogP contribution in [0.4, 0.5) is 15.9 Å². The zero-order valence-corrected chi connectivity index (χ0v) is 20.4. The number of pyridine rings is 1. The van der Waals surface area contributed by atoms with E-state index in [0.29, 0.717) is 17.2 Å². The van der Waals surface area contributed by atoms with Crippen molar-refractivity contribution in [3.8, 4) is 17.3 Å². The molecule has 0 radical (unpaired) electrons. The number of anilines is 2. The van der Waals surface area contributed by atoms with Crippen LogP contribution in [0.15, 0.2) is 90.0 Å². The minimum Gasteiger partial charge on any atom is -0.437 e. The van der Waals surface area contributed by atoms with Gasteiger partial charge in [-0.1, -0.05) is 18.2 Å². The van der Waals surface area contributed by atoms with Crippen molar-refractivity contribution in [1.82, 2.24) is 19.2 Å². The molecular formula is C28H21FN6O4. The number of carbonyl (C=O) groups excluding carboxylic acids is 2. The van der Waals surface area contributed by atoms with Gasteiger partial charge in [0.15, 0.2) is 11.5 Å². The van der Waals surface area contributed by atoms with Gasteiger partial charge >= 0.3 is 0 Å². The van der Waals surface area contributed by atoms with E-state index in [-0.39, 0.29) is 34.7 Å². The summed E-state index contributed by atoms with van der Waals surface area (Å²) in [4.78, 5) is 42.0. The summed E-state index contributed by atoms with van der Waals surface area (Å²) in [7, 11) is 0. The first-order valence-electron chi connectivity index (χ1n) is 12.2. The van der Waals surface area contributed by atoms with Crippen molar-refractivity contribution in [3.05, 3.63) is 107 Å². The van der Waals surface area contributed by atoms with Gasteiger partial charge in [0.25, 0.3) is 11.5 Å². The first-order chi connectivity index (χ1) is 18.9. The van der Waals surface area contributed by atoms with E-state index >= 15 is 0 Å². The highest BCUT2D eigenvalue weighted by atomic mass is 19.1. The van der Waals surface area contributed by atoms with Gasteiger partial charge in [0.05, 0.1) is 11.9 Å². The Kier molecular flexibility index (Phi) is 6.08. The first-order valence-corrected chi connectivity index (χ1v) is 12.2. The maximum Gasteiger partial charge on any atom is 0.267 e. The number of fused-ring (bicyclic) bond motifs is 1. The number of ether oxygens (including phenoxy) is 1. The third-order valence-electron chi connectivity index (χ3n) is 6.13. The summed E-state index contributed by atoms with van der Waals surface area (Å²) in [6.07, 6.45) is 4.89. The summed E-state index contributed by atoms with van der Waals surface area (Å²) >= 11 is 0. The molecule has 6 rings (SSSR count). The quantitative estimate of drug-likeness (QED) is 0.326. The summed E-state index contributed by atoms with van der Waals surface area (Å²) < 4.78 is 23.3. The van der Waals surface area contributed by atoms with Gasteiger partial charge in [0.2, 0.25) is 11.8 Å². The Hall–Kier alpha value is -5.32. The van der Waals surface area contributed by atoms with Crippen molar-refractivity contribution in [2.24, 2.45) is 5.92 Å². The molecule has 2 N–H and O–H groups in total. The number of nitrogens with one attached hydrogen (secondary N) is 2. The molecule has 0 bridgehead atoms. The molecule has 3 heterocycles. The fourth-order valence-corrected chi connectivity index (χ4v) is 3.98. The average molecular weight is 525 g/mol. The number of amides is 2. The molecule has 0 saturated heterocycles. The van der Waals surface area contributed by atoms with Crippen LogP contribution < -0.4 is 20.9 Å². The van der Waals surface area contributed by atoms with E-state index < -0.39 is 17.3 Å². The lowest BCUT2D eigenvalue weighted by molar-refractivity contribution is -0.117. The summed E-state index contributed by atoms with van der Waals surface area (Å²) in [5.41, 5.74) is 0.330. The lowest BCUT2D eigenvalue weighted by Crippen LogP contribution is -2.28. The van der Waals surface area contributed by atoms with Crippen LogP contribution >= 0.6 is 0 Å². The second-order valence-corrected chi connectivity index (χ2v) is 8.99. The van der Waals surface area contributed by atoms with Crippen LogP contribution in [-0.2, 0) is 4.79 Å². The fraction of sp³-hybridized carbons (Fsp3) is 0.107. The van der Waals surface area contributed by atoms with Gasteiger partial charge in [-0.05, 0) is 55.3 Å². The number of rotatable bonds is 7. The SMILES string of the molecule is O=C(Nc1ccc(Oc2ccc3nc(NC(=O)C4CC4)cn3n2)cc1F)c1cccn(-c2ccccc2)c1=O. The highest BCUT2D eigenvalue weighted by Crippen LogP contribution is 2.30. The number of benzene rings is 2. The van der Waals surface area contributed by atoms with E-state index in [4.69, 9.17) is 4.74 Å². The number of carbonyl (C=O) groups is 2. The molecule has 1 aliphatic rings. The Morgan fingerprint density at radius 2 is 1.79 bits per heavy atom. The normalized spacial score (nSPS) is 12.7. The molecule has 5 aromatic rings. The lowest BCUT2D eigenvalue weighted by Gasteiger charge is -2.10. The Balaban J connectivity index is 1.16. The summed E-state index contributed by atoms with van der Waals surface area (Å²) in [5.74, 6) is -0.815. The third-order valence-corrected chi connectivity index (χ3v) is 6.13. The zero-order valence-electron chi connectivity index (χ0n) is 20.4. The highest BCUT2D eigenvalue weighted by molar-refractivity contribution is 6.04. The molecule has 1 aliphatic carbocycles. The highest BCUT2D eigenvalue weighted by Gasteiger charge is 2.30. The van der Waals surface area contributed by atoms with Crippen molar-refractivity contribution >= 4 is 29.0 Å². The first kappa shape index (κ1) is 24.0. The molecule has 0 aliphatic heterocycles. The number of imidazole rings is 1. The molecule has 0 atom stereocenters. The maximum absolute atomic E-state index is 14.9. The predicted molar refractivity (Wildman–Crippen MR) is 141 cm³/mol. The van der Waals surface area contributed by atoms with Crippen molar-refractivity contribution in [2.75, 3.05) is 10.6 Å². The third kappa shape index (κ3) is 5.10. The predicted octanol–water partition coefficient (Wildman–Crippen LogP) is 4.41. The van der Waals surface area contributed by atoms with Crippen LogP contribution in [-0.4, -0.2) is 31.0 Å². The number of aromatic nitrogens is 4. The second-order valence-electron chi connectivity index (χ2n) is 8.99. The van der Waals surface area contributed by atoms with Crippen LogP contribution in [0.5, 0.6) is 11.6 Å². The van der Waals surface area contributed by atoms with Crippen molar-refractivity contribution in [1.29, 1.82) is 0 Å². The second kappa shape index (κ2) is 9.86. The van der Waals surface area contributed by atoms with Gasteiger partial charge in [-0.15, -0.1) is 5.10 Å². The van der Waals surface area contributed by atoms with Crippen LogP contribution in [0.2, 0.25) is 0 Å². The Morgan fingerprint density at radius 1 is 0.974 bits per heavy atom. The van der Waals surface area contributed by atoms with Gasteiger partial charge in [0, 0.05) is 29.9 Å². The van der Waals surface area contributed by atoms with Gasteiger partial charge in [0.1, 0.15) is 17.1 Å². The maximum atomic E-state index is 14.9. The van der Waals surface area contributed by atoms with Crippen LogP contribution in [0, 0.1) is 11.7 Å². The number of nitrogens with zero attached hydrogens (tertiary/aromatic N) is 4. The molecule has 0 spiro atoms. The van der Waals surface area contributed by atoms with Crippen LogP contribution in [0.3, 0.4) is 0 Å². The Bertz CT molecular complexity index is 1780. The molecule has 194 valence electrons. The molecular weight excluding hydrogens is 503 g/mol. The van der Waals surface area contributed by atoms with E-state index in [9.17, 15) is 18.8 Å². The molecule has 3 aromatic heterocycles. The average Bonchev–Trinajstić information content (AvgIpc) is 3.71. The van der Waals surface area contributed by atoms with Gasteiger partial charge < -0.3 is 15.4 Å². The summed E-state index contributed by atoms with van der Waals surface area (Å²) in [6.45, 7) is 0. The number of hydrogen-bond donors (Lipinski definition) is 2. The topological polar surface area (TPSA) is 120 Å². The molecule has 39 heavy (non-hydrogen) atoms. The Labute approximate surface area is 220 Å². The molecule has 2 aromatic carbocycles. The Morgan fingerprint density at radius 3 is 2.56 bits per heavy atom. The van der Waals surface area contributed by atoms with E-state index in [1.54, 1.807) is 54.9 Å². The van der Waals surface area contributed by atoms with Crippen LogP contribution in [0.25, 0.3) is 11.3 Å². The smallest absolute Gasteiger partial charge is 0.267 e. The molecule has 10 nitrogen and oxygen atoms in total. The largest absolute Gasteiger partial charge is 0.437 e. The molecule has 1 fully saturated rings. The molecule has 1 saturated carbocycles. The fourth-order valence-electron chi connectivity index (χ4n) is 3.98. The summed E-state index contributed by atoms with van der Waals surface area (Å²) in [5, 5.41) is 9.50. The monoisotopic (exact) mass is 524 g/mol. The van der Waals surface area contributed by atoms with Gasteiger partial charge in [-0.2, -0.15) is 0 Å². The van der Waals surface area contributed by atoms with E-state index in [0.717, 1.165) is 18.9 Å². The van der Waals surface area contributed by atoms with Crippen LogP contribution in [0.1, 0.15) is 23.2 Å². The molecule has 0 unspecified atom stereocenters. The van der Waals surface area contributed by atoms with E-state index in [2.05, 4.69) is 20.7 Å². The van der Waals surface area contributed by atoms with E-state index in [1.807, 2.05) is 6.07 Å². The standard InChI is InChI=1S/C28H21FN6O4/c29-21-15-19(39-25-13-12-24-31-23(16-35(24)33-25)32-26(36)17-8-9-17)10-11-22(21)30-27(37)20-7-4-14-34(28(20)38)18-5-2-1-3-6-18/h1-7,10-17H,8-9H2,(H,30,37)(H,32,36). The van der Waals surface area contributed by atoms with Crippen molar-refractivity contribution in [3.63, 3.8) is 0 Å². The number of halogens is 1.